The van der Waals surface area contributed by atoms with Crippen molar-refractivity contribution in [3.05, 3.63) is 58.7 Å². The van der Waals surface area contributed by atoms with Gasteiger partial charge in [0.05, 0.1) is 47.4 Å². The van der Waals surface area contributed by atoms with E-state index < -0.39 is 12.0 Å². The summed E-state index contributed by atoms with van der Waals surface area (Å²) < 4.78 is 11.9. The second-order valence-corrected chi connectivity index (χ2v) is 9.36. The Hall–Kier alpha value is -2.54. The largest absolute Gasteiger partial charge is 0.437 e. The van der Waals surface area contributed by atoms with Crippen molar-refractivity contribution in [2.75, 3.05) is 0 Å². The smallest absolute Gasteiger partial charge is 0.238 e. The maximum Gasteiger partial charge on any atom is 0.238 e. The van der Waals surface area contributed by atoms with Crippen LogP contribution in [0.25, 0.3) is 11.0 Å². The van der Waals surface area contributed by atoms with E-state index in [-0.39, 0.29) is 29.8 Å². The molecule has 3 aromatic rings. The zero-order chi connectivity index (χ0) is 22.0. The van der Waals surface area contributed by atoms with Gasteiger partial charge in [0.15, 0.2) is 0 Å². The predicted octanol–water partition coefficient (Wildman–Crippen LogP) is 4.46. The number of Topliss-reactive ketones (excluding diaryl/α,β-unsaturated/α-hetero) is 1. The van der Waals surface area contributed by atoms with Gasteiger partial charge in [-0.25, -0.2) is 9.97 Å². The van der Waals surface area contributed by atoms with Crippen LogP contribution >= 0.6 is 11.6 Å². The monoisotopic (exact) mass is 450 g/mol. The van der Waals surface area contributed by atoms with Gasteiger partial charge >= 0.3 is 0 Å². The van der Waals surface area contributed by atoms with E-state index in [4.69, 9.17) is 21.1 Å². The number of hydrogen-bond acceptors (Lipinski definition) is 6. The third-order valence-corrected chi connectivity index (χ3v) is 7.47. The molecule has 0 amide bonds. The molecule has 6 nitrogen and oxygen atoms in total. The molecule has 164 valence electrons. The number of rotatable bonds is 4. The molecule has 2 aromatic carbocycles. The fourth-order valence-electron chi connectivity index (χ4n) is 5.84. The zero-order valence-electron chi connectivity index (χ0n) is 17.6. The van der Waals surface area contributed by atoms with E-state index >= 15 is 0 Å². The van der Waals surface area contributed by atoms with Gasteiger partial charge < -0.3 is 14.6 Å². The minimum atomic E-state index is -0.728. The van der Waals surface area contributed by atoms with Crippen LogP contribution in [-0.4, -0.2) is 39.2 Å². The van der Waals surface area contributed by atoms with Gasteiger partial charge in [0.2, 0.25) is 5.88 Å². The summed E-state index contributed by atoms with van der Waals surface area (Å²) in [5, 5.41) is 11.8. The molecular weight excluding hydrogens is 428 g/mol. The van der Waals surface area contributed by atoms with Crippen LogP contribution in [0.2, 0.25) is 5.02 Å². The molecule has 0 radical (unpaired) electrons. The Kier molecular flexibility index (Phi) is 4.72. The van der Waals surface area contributed by atoms with E-state index in [1.165, 1.54) is 0 Å². The van der Waals surface area contributed by atoms with Crippen molar-refractivity contribution in [2.24, 2.45) is 11.8 Å². The molecule has 2 saturated heterocycles. The molecule has 6 atom stereocenters. The highest BCUT2D eigenvalue weighted by atomic mass is 35.5. The lowest BCUT2D eigenvalue weighted by Crippen LogP contribution is -2.31. The lowest BCUT2D eigenvalue weighted by Gasteiger charge is -2.23. The molecule has 32 heavy (non-hydrogen) atoms. The van der Waals surface area contributed by atoms with Crippen LogP contribution in [0.3, 0.4) is 0 Å². The number of carbonyl (C=O) groups is 1. The number of nitrogens with zero attached hydrogens (tertiary/aromatic N) is 2. The van der Waals surface area contributed by atoms with Crippen molar-refractivity contribution in [1.29, 1.82) is 0 Å². The third-order valence-electron chi connectivity index (χ3n) is 7.24. The minimum absolute atomic E-state index is 0.000151. The van der Waals surface area contributed by atoms with Crippen LogP contribution in [0.1, 0.15) is 36.8 Å². The Balaban J connectivity index is 1.33. The molecule has 0 spiro atoms. The van der Waals surface area contributed by atoms with E-state index in [0.29, 0.717) is 27.7 Å². The van der Waals surface area contributed by atoms with Crippen molar-refractivity contribution in [2.45, 2.75) is 50.4 Å². The predicted molar refractivity (Wildman–Crippen MR) is 119 cm³/mol. The van der Waals surface area contributed by atoms with Gasteiger partial charge in [0, 0.05) is 10.9 Å². The van der Waals surface area contributed by atoms with Gasteiger partial charge in [-0.3, -0.25) is 4.79 Å². The minimum Gasteiger partial charge on any atom is -0.437 e. The first-order valence-electron chi connectivity index (χ1n) is 11.1. The average Bonchev–Trinajstić information content (AvgIpc) is 3.47. The summed E-state index contributed by atoms with van der Waals surface area (Å²) in [7, 11) is 0. The standard InChI is InChI=1S/C25H23ClN2O4/c1-2-12-3-5-14(31-20-11-27-17-9-13(26)4-6-16(17)28-20)10-15(12)21-24(29)22-18-7-8-19(32-18)23(22)25(21)30/h3-6,9-11,18-19,21-24,29H,2,7-8H2,1H3. The maximum absolute atomic E-state index is 13.4. The number of fused-ring (bicyclic) bond motifs is 6. The summed E-state index contributed by atoms with van der Waals surface area (Å²) in [6.45, 7) is 2.05. The number of aryl methyl sites for hydroxylation is 1. The number of ketones is 1. The van der Waals surface area contributed by atoms with Crippen LogP contribution in [0.4, 0.5) is 0 Å². The third kappa shape index (κ3) is 3.04. The SMILES string of the molecule is CCc1ccc(Oc2cnc3cc(Cl)ccc3n2)cc1C1C(=O)C2C3CCC(O3)C2C1O. The topological polar surface area (TPSA) is 81.5 Å². The molecule has 1 N–H and O–H groups in total. The molecular formula is C25H23ClN2O4. The van der Waals surface area contributed by atoms with Crippen molar-refractivity contribution < 1.29 is 19.4 Å². The maximum atomic E-state index is 13.4. The summed E-state index contributed by atoms with van der Waals surface area (Å²) in [5.74, 6) is 0.192. The first-order valence-corrected chi connectivity index (χ1v) is 11.5. The molecule has 3 heterocycles. The van der Waals surface area contributed by atoms with Crippen LogP contribution in [0, 0.1) is 11.8 Å². The van der Waals surface area contributed by atoms with Crippen LogP contribution in [0.15, 0.2) is 42.6 Å². The molecule has 2 bridgehead atoms. The van der Waals surface area contributed by atoms with Crippen LogP contribution in [0.5, 0.6) is 11.6 Å². The van der Waals surface area contributed by atoms with Crippen molar-refractivity contribution >= 4 is 28.4 Å². The molecule has 3 fully saturated rings. The number of aliphatic hydroxyl groups is 1. The van der Waals surface area contributed by atoms with Crippen LogP contribution < -0.4 is 4.74 Å². The van der Waals surface area contributed by atoms with Crippen molar-refractivity contribution in [1.82, 2.24) is 9.97 Å². The fourth-order valence-corrected chi connectivity index (χ4v) is 6.01. The Morgan fingerprint density at radius 2 is 2.00 bits per heavy atom. The van der Waals surface area contributed by atoms with Gasteiger partial charge in [-0.05, 0) is 60.7 Å². The molecule has 3 aliphatic rings. The summed E-state index contributed by atoms with van der Waals surface area (Å²) in [6, 6.07) is 11.0. The molecule has 2 aliphatic heterocycles. The van der Waals surface area contributed by atoms with Crippen molar-refractivity contribution in [3.8, 4) is 11.6 Å². The number of carbonyl (C=O) groups excluding carboxylic acids is 1. The number of hydrogen-bond donors (Lipinski definition) is 1. The number of ether oxygens (including phenoxy) is 2. The summed E-state index contributed by atoms with van der Waals surface area (Å²) >= 11 is 6.02. The van der Waals surface area contributed by atoms with E-state index in [1.807, 2.05) is 18.2 Å². The van der Waals surface area contributed by atoms with Crippen LogP contribution in [-0.2, 0) is 16.0 Å². The lowest BCUT2D eigenvalue weighted by molar-refractivity contribution is -0.124. The molecule has 7 heteroatoms. The first-order chi connectivity index (χ1) is 15.5. The second kappa shape index (κ2) is 7.51. The number of benzene rings is 2. The molecule has 1 saturated carbocycles. The number of halogens is 1. The Bertz CT molecular complexity index is 1230. The Morgan fingerprint density at radius 3 is 2.81 bits per heavy atom. The van der Waals surface area contributed by atoms with Gasteiger partial charge in [-0.2, -0.15) is 0 Å². The van der Waals surface area contributed by atoms with Gasteiger partial charge in [0.25, 0.3) is 0 Å². The summed E-state index contributed by atoms with van der Waals surface area (Å²) in [4.78, 5) is 22.3. The molecule has 1 aromatic heterocycles. The highest BCUT2D eigenvalue weighted by molar-refractivity contribution is 6.31. The lowest BCUT2D eigenvalue weighted by atomic mass is 9.81. The molecule has 6 unspecified atom stereocenters. The van der Waals surface area contributed by atoms with E-state index in [1.54, 1.807) is 24.4 Å². The fraction of sp³-hybridized carbons (Fsp3) is 0.400. The zero-order valence-corrected chi connectivity index (χ0v) is 18.3. The van der Waals surface area contributed by atoms with Gasteiger partial charge in [-0.15, -0.1) is 0 Å². The molecule has 6 rings (SSSR count). The van der Waals surface area contributed by atoms with Gasteiger partial charge in [-0.1, -0.05) is 24.6 Å². The number of aromatic nitrogens is 2. The normalized spacial score (nSPS) is 30.8. The number of aliphatic hydroxyl groups excluding tert-OH is 1. The van der Waals surface area contributed by atoms with E-state index in [9.17, 15) is 9.90 Å². The van der Waals surface area contributed by atoms with Gasteiger partial charge in [0.1, 0.15) is 11.5 Å². The Morgan fingerprint density at radius 1 is 1.16 bits per heavy atom. The quantitative estimate of drug-likeness (QED) is 0.632. The van der Waals surface area contributed by atoms with E-state index in [2.05, 4.69) is 16.9 Å². The highest BCUT2D eigenvalue weighted by Crippen LogP contribution is 2.54. The second-order valence-electron chi connectivity index (χ2n) is 8.92. The highest BCUT2D eigenvalue weighted by Gasteiger charge is 2.62. The van der Waals surface area contributed by atoms with E-state index in [0.717, 1.165) is 30.4 Å². The summed E-state index contributed by atoms with van der Waals surface area (Å²) in [5.41, 5.74) is 3.26. The summed E-state index contributed by atoms with van der Waals surface area (Å²) in [6.07, 6.45) is 3.39. The molecule has 1 aliphatic carbocycles. The Labute approximate surface area is 190 Å². The van der Waals surface area contributed by atoms with Crippen molar-refractivity contribution in [3.63, 3.8) is 0 Å². The first kappa shape index (κ1) is 20.1. The average molecular weight is 451 g/mol.